The number of hydrogen-bond acceptors (Lipinski definition) is 4. The van der Waals surface area contributed by atoms with Crippen molar-refractivity contribution in [1.82, 2.24) is 24.5 Å². The predicted molar refractivity (Wildman–Crippen MR) is 90.8 cm³/mol. The molecular weight excluding hydrogens is 377 g/mol. The minimum atomic E-state index is -0.810. The second-order valence-corrected chi connectivity index (χ2v) is 6.18. The molecule has 0 bridgehead atoms. The summed E-state index contributed by atoms with van der Waals surface area (Å²) in [6.45, 7) is 4.83. The molecule has 2 heterocycles. The molecule has 3 rings (SSSR count). The topological polar surface area (TPSA) is 68.8 Å². The molecule has 3 aromatic rings. The summed E-state index contributed by atoms with van der Waals surface area (Å²) < 4.78 is 18.0. The van der Waals surface area contributed by atoms with Gasteiger partial charge in [0.1, 0.15) is 16.7 Å². The molecule has 0 aliphatic rings. The van der Waals surface area contributed by atoms with Crippen LogP contribution in [0.1, 0.15) is 31.1 Å². The lowest BCUT2D eigenvalue weighted by Crippen LogP contribution is -2.07. The average Bonchev–Trinajstić information content (AvgIpc) is 3.15. The number of aromatic nitrogens is 5. The Bertz CT molecular complexity index is 858. The highest BCUT2D eigenvalue weighted by molar-refractivity contribution is 9.10. The average molecular weight is 394 g/mol. The van der Waals surface area contributed by atoms with Crippen LogP contribution in [0, 0.1) is 5.82 Å². The van der Waals surface area contributed by atoms with Crippen molar-refractivity contribution in [1.29, 1.82) is 0 Å². The van der Waals surface area contributed by atoms with E-state index >= 15 is 0 Å². The zero-order valence-corrected chi connectivity index (χ0v) is 14.9. The Morgan fingerprint density at radius 3 is 2.75 bits per heavy atom. The molecule has 24 heavy (non-hydrogen) atoms. The third-order valence-corrected chi connectivity index (χ3v) is 4.70. The summed E-state index contributed by atoms with van der Waals surface area (Å²) >= 11 is 3.53. The zero-order chi connectivity index (χ0) is 17.3. The number of nitrogens with zero attached hydrogens (tertiary/aromatic N) is 5. The molecule has 1 aromatic carbocycles. The predicted octanol–water partition coefficient (Wildman–Crippen LogP) is 3.16. The summed E-state index contributed by atoms with van der Waals surface area (Å²) in [6.07, 6.45) is 2.41. The highest BCUT2D eigenvalue weighted by atomic mass is 79.9. The largest absolute Gasteiger partial charge is 0.389 e. The summed E-state index contributed by atoms with van der Waals surface area (Å²) in [7, 11) is 0. The van der Waals surface area contributed by atoms with Crippen LogP contribution < -0.4 is 0 Å². The van der Waals surface area contributed by atoms with Crippen molar-refractivity contribution >= 4 is 15.9 Å². The number of halogens is 2. The smallest absolute Gasteiger partial charge is 0.158 e. The molecule has 1 N–H and O–H groups in total. The highest BCUT2D eigenvalue weighted by Gasteiger charge is 2.17. The molecule has 0 radical (unpaired) electrons. The van der Waals surface area contributed by atoms with Gasteiger partial charge in [-0.25, -0.2) is 14.1 Å². The fraction of sp³-hybridized carbons (Fsp3) is 0.312. The van der Waals surface area contributed by atoms with E-state index in [1.165, 1.54) is 18.5 Å². The molecule has 2 aromatic heterocycles. The monoisotopic (exact) mass is 393 g/mol. The van der Waals surface area contributed by atoms with E-state index in [2.05, 4.69) is 31.1 Å². The van der Waals surface area contributed by atoms with Gasteiger partial charge in [-0.1, -0.05) is 0 Å². The Hall–Kier alpha value is -2.06. The van der Waals surface area contributed by atoms with Crippen molar-refractivity contribution in [2.24, 2.45) is 0 Å². The van der Waals surface area contributed by atoms with Gasteiger partial charge in [0.15, 0.2) is 5.82 Å². The molecule has 8 heteroatoms. The van der Waals surface area contributed by atoms with Crippen molar-refractivity contribution in [3.8, 4) is 11.4 Å². The van der Waals surface area contributed by atoms with E-state index in [9.17, 15) is 9.50 Å². The fourth-order valence-corrected chi connectivity index (χ4v) is 3.14. The van der Waals surface area contributed by atoms with Gasteiger partial charge in [-0.05, 0) is 53.5 Å². The van der Waals surface area contributed by atoms with Crippen LogP contribution in [0.3, 0.4) is 0 Å². The van der Waals surface area contributed by atoms with Gasteiger partial charge in [0.05, 0.1) is 18.8 Å². The lowest BCUT2D eigenvalue weighted by molar-refractivity contribution is 0.199. The summed E-state index contributed by atoms with van der Waals surface area (Å²) in [6, 6.07) is 4.29. The Morgan fingerprint density at radius 1 is 1.29 bits per heavy atom. The number of benzene rings is 1. The maximum absolute atomic E-state index is 13.5. The fourth-order valence-electron chi connectivity index (χ4n) is 2.57. The number of rotatable bonds is 5. The molecule has 6 nitrogen and oxygen atoms in total. The molecule has 126 valence electrons. The van der Waals surface area contributed by atoms with E-state index in [-0.39, 0.29) is 0 Å². The molecular formula is C16H17BrFN5O. The van der Waals surface area contributed by atoms with Crippen molar-refractivity contribution < 1.29 is 9.50 Å². The lowest BCUT2D eigenvalue weighted by atomic mass is 10.0. The standard InChI is InChI=1S/C16H17BrFN5O/c1-3-22-15(17)11(7-20-22)8-23-16(19-9-21-23)13-5-4-12(18)6-14(13)10(2)24/h4-7,9-10,24H,3,8H2,1-2H3. The molecule has 0 fully saturated rings. The Kier molecular flexibility index (Phi) is 4.77. The highest BCUT2D eigenvalue weighted by Crippen LogP contribution is 2.28. The quantitative estimate of drug-likeness (QED) is 0.722. The van der Waals surface area contributed by atoms with Gasteiger partial charge in [0.25, 0.3) is 0 Å². The SMILES string of the molecule is CCn1ncc(Cn2ncnc2-c2ccc(F)cc2C(C)O)c1Br. The van der Waals surface area contributed by atoms with Gasteiger partial charge in [0, 0.05) is 17.7 Å². The molecule has 0 aliphatic carbocycles. The molecule has 1 unspecified atom stereocenters. The third kappa shape index (κ3) is 3.11. The van der Waals surface area contributed by atoms with E-state index in [1.807, 2.05) is 11.6 Å². The van der Waals surface area contributed by atoms with Gasteiger partial charge >= 0.3 is 0 Å². The normalized spacial score (nSPS) is 12.5. The maximum Gasteiger partial charge on any atom is 0.158 e. The van der Waals surface area contributed by atoms with Crippen LogP contribution in [0.5, 0.6) is 0 Å². The Morgan fingerprint density at radius 2 is 2.08 bits per heavy atom. The van der Waals surface area contributed by atoms with Crippen molar-refractivity contribution in [3.05, 3.63) is 52.3 Å². The number of hydrogen-bond donors (Lipinski definition) is 1. The first-order valence-electron chi connectivity index (χ1n) is 7.57. The van der Waals surface area contributed by atoms with E-state index < -0.39 is 11.9 Å². The zero-order valence-electron chi connectivity index (χ0n) is 13.3. The van der Waals surface area contributed by atoms with Crippen LogP contribution in [-0.2, 0) is 13.1 Å². The Balaban J connectivity index is 2.01. The molecule has 0 amide bonds. The first kappa shape index (κ1) is 16.8. The van der Waals surface area contributed by atoms with Gasteiger partial charge in [-0.2, -0.15) is 10.2 Å². The minimum absolute atomic E-state index is 0.396. The maximum atomic E-state index is 13.5. The second kappa shape index (κ2) is 6.82. The Labute approximate surface area is 147 Å². The van der Waals surface area contributed by atoms with Crippen LogP contribution >= 0.6 is 15.9 Å². The lowest BCUT2D eigenvalue weighted by Gasteiger charge is -2.13. The van der Waals surface area contributed by atoms with Gasteiger partial charge in [0.2, 0.25) is 0 Å². The molecule has 0 spiro atoms. The van der Waals surface area contributed by atoms with Gasteiger partial charge in [-0.15, -0.1) is 0 Å². The summed E-state index contributed by atoms with van der Waals surface area (Å²) in [4.78, 5) is 4.29. The van der Waals surface area contributed by atoms with Crippen LogP contribution in [0.2, 0.25) is 0 Å². The van der Waals surface area contributed by atoms with Crippen LogP contribution in [-0.4, -0.2) is 29.7 Å². The van der Waals surface area contributed by atoms with E-state index in [1.54, 1.807) is 23.9 Å². The van der Waals surface area contributed by atoms with Crippen LogP contribution in [0.25, 0.3) is 11.4 Å². The van der Waals surface area contributed by atoms with Crippen LogP contribution in [0.15, 0.2) is 35.3 Å². The number of aryl methyl sites for hydroxylation is 1. The van der Waals surface area contributed by atoms with E-state index in [4.69, 9.17) is 0 Å². The molecule has 0 saturated carbocycles. The van der Waals surface area contributed by atoms with Crippen molar-refractivity contribution in [3.63, 3.8) is 0 Å². The van der Waals surface area contributed by atoms with E-state index in [0.29, 0.717) is 23.5 Å². The minimum Gasteiger partial charge on any atom is -0.389 e. The second-order valence-electron chi connectivity index (χ2n) is 5.43. The molecule has 1 atom stereocenters. The van der Waals surface area contributed by atoms with Crippen molar-refractivity contribution in [2.45, 2.75) is 33.0 Å². The summed E-state index contributed by atoms with van der Waals surface area (Å²) in [5.41, 5.74) is 2.10. The summed E-state index contributed by atoms with van der Waals surface area (Å²) in [5.74, 6) is 0.176. The number of aliphatic hydroxyl groups is 1. The first-order chi connectivity index (χ1) is 11.5. The van der Waals surface area contributed by atoms with Crippen LogP contribution in [0.4, 0.5) is 4.39 Å². The number of aliphatic hydroxyl groups excluding tert-OH is 1. The van der Waals surface area contributed by atoms with E-state index in [0.717, 1.165) is 16.7 Å². The summed E-state index contributed by atoms with van der Waals surface area (Å²) in [5, 5.41) is 18.5. The first-order valence-corrected chi connectivity index (χ1v) is 8.36. The van der Waals surface area contributed by atoms with Gasteiger partial charge < -0.3 is 5.11 Å². The van der Waals surface area contributed by atoms with Gasteiger partial charge in [-0.3, -0.25) is 4.68 Å². The molecule has 0 saturated heterocycles. The van der Waals surface area contributed by atoms with Crippen molar-refractivity contribution in [2.75, 3.05) is 0 Å². The third-order valence-electron chi connectivity index (χ3n) is 3.78. The molecule has 0 aliphatic heterocycles.